The Hall–Kier alpha value is -2.06. The van der Waals surface area contributed by atoms with Crippen LogP contribution in [0.3, 0.4) is 0 Å². The van der Waals surface area contributed by atoms with E-state index in [0.29, 0.717) is 12.6 Å². The average Bonchev–Trinajstić information content (AvgIpc) is 2.62. The lowest BCUT2D eigenvalue weighted by Crippen LogP contribution is -2.61. The summed E-state index contributed by atoms with van der Waals surface area (Å²) in [7, 11) is 0. The molecule has 1 aromatic heterocycles. The number of carbonyl (C=O) groups is 2. The van der Waals surface area contributed by atoms with E-state index in [1.807, 2.05) is 0 Å². The molecule has 0 spiro atoms. The number of hydrogen-bond acceptors (Lipinski definition) is 3. The van der Waals surface area contributed by atoms with Gasteiger partial charge in [-0.15, -0.1) is 0 Å². The number of aromatic amines is 1. The summed E-state index contributed by atoms with van der Waals surface area (Å²) in [6, 6.07) is 1.20. The molecule has 0 aliphatic carbocycles. The van der Waals surface area contributed by atoms with Crippen LogP contribution < -0.4 is 5.32 Å². The first kappa shape index (κ1) is 14.0. The Kier molecular flexibility index (Phi) is 3.36. The maximum absolute atomic E-state index is 12.6. The molecule has 6 nitrogen and oxygen atoms in total. The summed E-state index contributed by atoms with van der Waals surface area (Å²) in [5.74, 6) is -3.42. The zero-order chi connectivity index (χ0) is 14.1. The number of nitrogens with one attached hydrogen (secondary N) is 2. The molecule has 0 aliphatic heterocycles. The van der Waals surface area contributed by atoms with Crippen LogP contribution in [0.2, 0.25) is 0 Å². The topological polar surface area (TPSA) is 95.1 Å². The second kappa shape index (κ2) is 4.31. The predicted molar refractivity (Wildman–Crippen MR) is 52.9 cm³/mol. The molecule has 0 aromatic carbocycles. The summed E-state index contributed by atoms with van der Waals surface area (Å²) in [5.41, 5.74) is -3.22. The van der Waals surface area contributed by atoms with Crippen LogP contribution >= 0.6 is 0 Å². The monoisotopic (exact) mass is 265 g/mol. The predicted octanol–water partition coefficient (Wildman–Crippen LogP) is 0.854. The van der Waals surface area contributed by atoms with Crippen LogP contribution in [-0.4, -0.2) is 38.9 Å². The Bertz CT molecular complexity index is 483. The molecule has 1 aromatic rings. The van der Waals surface area contributed by atoms with Gasteiger partial charge in [-0.25, -0.2) is 4.79 Å². The summed E-state index contributed by atoms with van der Waals surface area (Å²) < 4.78 is 37.8. The van der Waals surface area contributed by atoms with E-state index in [-0.39, 0.29) is 5.69 Å². The summed E-state index contributed by atoms with van der Waals surface area (Å²) in [5, 5.41) is 15.8. The highest BCUT2D eigenvalue weighted by atomic mass is 19.4. The maximum Gasteiger partial charge on any atom is 0.422 e. The third-order valence-electron chi connectivity index (χ3n) is 2.30. The van der Waals surface area contributed by atoms with E-state index < -0.39 is 23.6 Å². The number of carboxylic acid groups (broad SMARTS) is 1. The molecular formula is C9H10F3N3O3. The van der Waals surface area contributed by atoms with Crippen molar-refractivity contribution in [3.05, 3.63) is 17.5 Å². The highest BCUT2D eigenvalue weighted by molar-refractivity contribution is 5.96. The van der Waals surface area contributed by atoms with Crippen molar-refractivity contribution in [3.63, 3.8) is 0 Å². The van der Waals surface area contributed by atoms with Gasteiger partial charge in [0.25, 0.3) is 5.91 Å². The highest BCUT2D eigenvalue weighted by Crippen LogP contribution is 2.30. The molecule has 9 heteroatoms. The van der Waals surface area contributed by atoms with Crippen molar-refractivity contribution in [1.29, 1.82) is 0 Å². The first-order valence-electron chi connectivity index (χ1n) is 4.72. The smallest absolute Gasteiger partial charge is 0.422 e. The molecule has 0 saturated carbocycles. The number of rotatable bonds is 3. The van der Waals surface area contributed by atoms with Crippen molar-refractivity contribution in [1.82, 2.24) is 15.5 Å². The fraction of sp³-hybridized carbons (Fsp3) is 0.444. The van der Waals surface area contributed by atoms with E-state index in [0.717, 1.165) is 0 Å². The van der Waals surface area contributed by atoms with Crippen LogP contribution in [0.4, 0.5) is 13.2 Å². The molecule has 18 heavy (non-hydrogen) atoms. The SMILES string of the molecule is Cc1cc(C(=O)NC(C)(C(=O)O)C(F)(F)F)n[nH]1. The molecule has 0 fully saturated rings. The maximum atomic E-state index is 12.6. The Morgan fingerprint density at radius 2 is 2.00 bits per heavy atom. The Morgan fingerprint density at radius 3 is 2.33 bits per heavy atom. The number of aliphatic carboxylic acids is 1. The number of hydrogen-bond donors (Lipinski definition) is 3. The second-order valence-electron chi connectivity index (χ2n) is 3.82. The van der Waals surface area contributed by atoms with Crippen molar-refractivity contribution < 1.29 is 27.9 Å². The minimum atomic E-state index is -5.13. The molecule has 100 valence electrons. The van der Waals surface area contributed by atoms with Gasteiger partial charge in [-0.1, -0.05) is 0 Å². The van der Waals surface area contributed by atoms with Crippen molar-refractivity contribution in [3.8, 4) is 0 Å². The van der Waals surface area contributed by atoms with Gasteiger partial charge in [-0.3, -0.25) is 9.89 Å². The van der Waals surface area contributed by atoms with E-state index in [2.05, 4.69) is 10.2 Å². The van der Waals surface area contributed by atoms with Crippen molar-refractivity contribution in [2.75, 3.05) is 0 Å². The van der Waals surface area contributed by atoms with Crippen LogP contribution in [0.15, 0.2) is 6.07 Å². The van der Waals surface area contributed by atoms with Crippen LogP contribution in [0.1, 0.15) is 23.1 Å². The van der Waals surface area contributed by atoms with Gasteiger partial charge in [0, 0.05) is 5.69 Å². The van der Waals surface area contributed by atoms with E-state index in [1.165, 1.54) is 11.4 Å². The molecule has 3 N–H and O–H groups in total. The molecule has 0 radical (unpaired) electrons. The third-order valence-corrected chi connectivity index (χ3v) is 2.30. The number of nitrogens with zero attached hydrogens (tertiary/aromatic N) is 1. The standard InChI is InChI=1S/C9H10F3N3O3/c1-4-3-5(15-14-4)6(16)13-8(2,7(17)18)9(10,11)12/h3H,1-2H3,(H,13,16)(H,14,15)(H,17,18). The second-order valence-corrected chi connectivity index (χ2v) is 3.82. The number of halogens is 3. The zero-order valence-electron chi connectivity index (χ0n) is 9.42. The van der Waals surface area contributed by atoms with Gasteiger partial charge in [0.1, 0.15) is 5.69 Å². The molecule has 0 saturated heterocycles. The number of alkyl halides is 3. The number of amides is 1. The highest BCUT2D eigenvalue weighted by Gasteiger charge is 2.58. The average molecular weight is 265 g/mol. The first-order chi connectivity index (χ1) is 8.08. The van der Waals surface area contributed by atoms with Crippen LogP contribution in [-0.2, 0) is 4.79 Å². The van der Waals surface area contributed by atoms with Crippen LogP contribution in [0, 0.1) is 6.92 Å². The van der Waals surface area contributed by atoms with Gasteiger partial charge >= 0.3 is 12.1 Å². The molecule has 1 amide bonds. The lowest BCUT2D eigenvalue weighted by molar-refractivity contribution is -0.203. The molecule has 1 heterocycles. The largest absolute Gasteiger partial charge is 0.479 e. The van der Waals surface area contributed by atoms with Gasteiger partial charge in [0.2, 0.25) is 5.54 Å². The Morgan fingerprint density at radius 1 is 1.44 bits per heavy atom. The first-order valence-corrected chi connectivity index (χ1v) is 4.72. The summed E-state index contributed by atoms with van der Waals surface area (Å²) in [6.07, 6.45) is -5.13. The lowest BCUT2D eigenvalue weighted by Gasteiger charge is -2.28. The Labute approximate surface area is 99.2 Å². The van der Waals surface area contributed by atoms with Gasteiger partial charge in [-0.2, -0.15) is 18.3 Å². The lowest BCUT2D eigenvalue weighted by atomic mass is 10.0. The third kappa shape index (κ3) is 2.44. The minimum absolute atomic E-state index is 0.316. The minimum Gasteiger partial charge on any atom is -0.479 e. The fourth-order valence-electron chi connectivity index (χ4n) is 1.07. The number of aryl methyl sites for hydroxylation is 1. The molecule has 1 unspecified atom stereocenters. The summed E-state index contributed by atoms with van der Waals surface area (Å²) >= 11 is 0. The normalized spacial score (nSPS) is 14.9. The Balaban J connectivity index is 3.00. The molecule has 0 bridgehead atoms. The quantitative estimate of drug-likeness (QED) is 0.755. The number of aromatic nitrogens is 2. The molecule has 1 atom stereocenters. The molecular weight excluding hydrogens is 255 g/mol. The fourth-order valence-corrected chi connectivity index (χ4v) is 1.07. The van der Waals surface area contributed by atoms with Crippen LogP contribution in [0.5, 0.6) is 0 Å². The van der Waals surface area contributed by atoms with Gasteiger partial charge < -0.3 is 10.4 Å². The van der Waals surface area contributed by atoms with Gasteiger partial charge in [0.15, 0.2) is 0 Å². The molecule has 0 aliphatic rings. The zero-order valence-corrected chi connectivity index (χ0v) is 9.42. The molecule has 1 rings (SSSR count). The number of H-pyrrole nitrogens is 1. The van der Waals surface area contributed by atoms with E-state index >= 15 is 0 Å². The summed E-state index contributed by atoms with van der Waals surface area (Å²) in [4.78, 5) is 22.1. The van der Waals surface area contributed by atoms with Gasteiger partial charge in [-0.05, 0) is 19.9 Å². The van der Waals surface area contributed by atoms with Crippen molar-refractivity contribution >= 4 is 11.9 Å². The van der Waals surface area contributed by atoms with Gasteiger partial charge in [0.05, 0.1) is 0 Å². The summed E-state index contributed by atoms with van der Waals surface area (Å²) in [6.45, 7) is 1.91. The van der Waals surface area contributed by atoms with E-state index in [9.17, 15) is 22.8 Å². The number of carboxylic acids is 1. The van der Waals surface area contributed by atoms with E-state index in [1.54, 1.807) is 6.92 Å². The van der Waals surface area contributed by atoms with E-state index in [4.69, 9.17) is 5.11 Å². The number of carbonyl (C=O) groups excluding carboxylic acids is 1. The van der Waals surface area contributed by atoms with Crippen molar-refractivity contribution in [2.45, 2.75) is 25.6 Å². The van der Waals surface area contributed by atoms with Crippen molar-refractivity contribution in [2.24, 2.45) is 0 Å². The van der Waals surface area contributed by atoms with Crippen LogP contribution in [0.25, 0.3) is 0 Å².